The van der Waals surface area contributed by atoms with Gasteiger partial charge in [0.15, 0.2) is 0 Å². The largest absolute Gasteiger partial charge is 0.468 e. The topological polar surface area (TPSA) is 53.9 Å². The maximum atomic E-state index is 5.24. The Morgan fingerprint density at radius 1 is 1.12 bits per heavy atom. The second kappa shape index (κ2) is 4.43. The van der Waals surface area contributed by atoms with Crippen LogP contribution in [0.3, 0.4) is 0 Å². The Labute approximate surface area is 98.7 Å². The molecule has 4 heteroatoms. The Kier molecular flexibility index (Phi) is 2.63. The molecular formula is C13H13N3O. The number of rotatable bonds is 4. The predicted octanol–water partition coefficient (Wildman–Crippen LogP) is 2.45. The van der Waals surface area contributed by atoms with Crippen LogP contribution in [0.2, 0.25) is 0 Å². The molecule has 0 unspecified atom stereocenters. The van der Waals surface area contributed by atoms with Gasteiger partial charge in [0.25, 0.3) is 0 Å². The van der Waals surface area contributed by atoms with E-state index in [-0.39, 0.29) is 0 Å². The van der Waals surface area contributed by atoms with E-state index in [1.807, 2.05) is 36.4 Å². The summed E-state index contributed by atoms with van der Waals surface area (Å²) >= 11 is 0. The number of hydrogen-bond donors (Lipinski definition) is 2. The van der Waals surface area contributed by atoms with Crippen LogP contribution in [0.1, 0.15) is 11.6 Å². The van der Waals surface area contributed by atoms with Gasteiger partial charge in [0.05, 0.1) is 30.4 Å². The zero-order valence-electron chi connectivity index (χ0n) is 9.31. The standard InChI is InChI=1S/C13H13N3O/c1-2-6-12-11(5-1)15-13(16-12)9-14-8-10-4-3-7-17-10/h1-7,14H,8-9H2,(H,15,16). The number of para-hydroxylation sites is 2. The Bertz CT molecular complexity index is 565. The maximum absolute atomic E-state index is 5.24. The number of H-pyrrole nitrogens is 1. The SMILES string of the molecule is c1coc(CNCc2nc3ccccc3[nH]2)c1. The molecule has 0 fully saturated rings. The van der Waals surface area contributed by atoms with Gasteiger partial charge in [0, 0.05) is 0 Å². The van der Waals surface area contributed by atoms with Gasteiger partial charge in [-0.2, -0.15) is 0 Å². The summed E-state index contributed by atoms with van der Waals surface area (Å²) in [6.07, 6.45) is 1.68. The van der Waals surface area contributed by atoms with Crippen LogP contribution < -0.4 is 5.32 Å². The smallest absolute Gasteiger partial charge is 0.121 e. The van der Waals surface area contributed by atoms with Crippen LogP contribution in [-0.2, 0) is 13.1 Å². The Balaban J connectivity index is 1.65. The van der Waals surface area contributed by atoms with Crippen molar-refractivity contribution in [1.29, 1.82) is 0 Å². The van der Waals surface area contributed by atoms with Gasteiger partial charge in [-0.05, 0) is 24.3 Å². The molecule has 0 spiro atoms. The molecular weight excluding hydrogens is 214 g/mol. The fraction of sp³-hybridized carbons (Fsp3) is 0.154. The highest BCUT2D eigenvalue weighted by Gasteiger charge is 2.01. The second-order valence-electron chi connectivity index (χ2n) is 3.88. The summed E-state index contributed by atoms with van der Waals surface area (Å²) < 4.78 is 5.24. The van der Waals surface area contributed by atoms with E-state index >= 15 is 0 Å². The number of furan rings is 1. The van der Waals surface area contributed by atoms with Gasteiger partial charge in [-0.3, -0.25) is 0 Å². The lowest BCUT2D eigenvalue weighted by Gasteiger charge is -1.98. The number of aromatic nitrogens is 2. The minimum Gasteiger partial charge on any atom is -0.468 e. The van der Waals surface area contributed by atoms with Crippen LogP contribution >= 0.6 is 0 Å². The summed E-state index contributed by atoms with van der Waals surface area (Å²) in [6, 6.07) is 11.9. The van der Waals surface area contributed by atoms with Gasteiger partial charge in [-0.15, -0.1) is 0 Å². The van der Waals surface area contributed by atoms with Crippen LogP contribution in [0.5, 0.6) is 0 Å². The molecule has 3 aromatic rings. The van der Waals surface area contributed by atoms with E-state index in [0.717, 1.165) is 22.6 Å². The molecule has 0 saturated heterocycles. The van der Waals surface area contributed by atoms with Crippen molar-refractivity contribution < 1.29 is 4.42 Å². The summed E-state index contributed by atoms with van der Waals surface area (Å²) in [7, 11) is 0. The highest BCUT2D eigenvalue weighted by Crippen LogP contribution is 2.10. The highest BCUT2D eigenvalue weighted by molar-refractivity contribution is 5.74. The van der Waals surface area contributed by atoms with Crippen molar-refractivity contribution in [3.63, 3.8) is 0 Å². The van der Waals surface area contributed by atoms with Crippen LogP contribution in [0.4, 0.5) is 0 Å². The highest BCUT2D eigenvalue weighted by atomic mass is 16.3. The summed E-state index contributed by atoms with van der Waals surface area (Å²) in [5, 5.41) is 3.28. The molecule has 2 heterocycles. The lowest BCUT2D eigenvalue weighted by Crippen LogP contribution is -2.13. The molecule has 2 aromatic heterocycles. The van der Waals surface area contributed by atoms with Gasteiger partial charge >= 0.3 is 0 Å². The first-order chi connectivity index (χ1) is 8.42. The van der Waals surface area contributed by atoms with Crippen LogP contribution in [0, 0.1) is 0 Å². The van der Waals surface area contributed by atoms with Crippen LogP contribution in [-0.4, -0.2) is 9.97 Å². The molecule has 0 amide bonds. The van der Waals surface area contributed by atoms with Gasteiger partial charge < -0.3 is 14.7 Å². The Morgan fingerprint density at radius 2 is 2.06 bits per heavy atom. The predicted molar refractivity (Wildman–Crippen MR) is 65.3 cm³/mol. The van der Waals surface area contributed by atoms with Gasteiger partial charge in [0.1, 0.15) is 11.6 Å². The molecule has 1 aromatic carbocycles. The number of aromatic amines is 1. The van der Waals surface area contributed by atoms with Crippen molar-refractivity contribution in [3.8, 4) is 0 Å². The minimum absolute atomic E-state index is 0.704. The Hall–Kier alpha value is -2.07. The van der Waals surface area contributed by atoms with Crippen LogP contribution in [0.15, 0.2) is 47.1 Å². The third kappa shape index (κ3) is 2.21. The molecule has 3 rings (SSSR count). The van der Waals surface area contributed by atoms with E-state index in [1.165, 1.54) is 0 Å². The van der Waals surface area contributed by atoms with E-state index in [4.69, 9.17) is 4.42 Å². The summed E-state index contributed by atoms with van der Waals surface area (Å²) in [5.41, 5.74) is 2.07. The first-order valence-corrected chi connectivity index (χ1v) is 5.58. The molecule has 17 heavy (non-hydrogen) atoms. The summed E-state index contributed by atoms with van der Waals surface area (Å²) in [6.45, 7) is 1.42. The monoisotopic (exact) mass is 227 g/mol. The zero-order valence-corrected chi connectivity index (χ0v) is 9.31. The first-order valence-electron chi connectivity index (χ1n) is 5.58. The number of nitrogens with zero attached hydrogens (tertiary/aromatic N) is 1. The van der Waals surface area contributed by atoms with Crippen molar-refractivity contribution in [1.82, 2.24) is 15.3 Å². The third-order valence-electron chi connectivity index (χ3n) is 2.61. The average molecular weight is 227 g/mol. The molecule has 0 atom stereocenters. The molecule has 0 saturated carbocycles. The maximum Gasteiger partial charge on any atom is 0.121 e. The van der Waals surface area contributed by atoms with E-state index in [2.05, 4.69) is 15.3 Å². The average Bonchev–Trinajstić information content (AvgIpc) is 2.96. The molecule has 2 N–H and O–H groups in total. The van der Waals surface area contributed by atoms with Crippen molar-refractivity contribution in [2.24, 2.45) is 0 Å². The molecule has 4 nitrogen and oxygen atoms in total. The quantitative estimate of drug-likeness (QED) is 0.719. The molecule has 0 aliphatic rings. The Morgan fingerprint density at radius 3 is 2.88 bits per heavy atom. The van der Waals surface area contributed by atoms with E-state index in [0.29, 0.717) is 13.1 Å². The number of nitrogens with one attached hydrogen (secondary N) is 2. The number of imidazole rings is 1. The number of hydrogen-bond acceptors (Lipinski definition) is 3. The van der Waals surface area contributed by atoms with E-state index in [1.54, 1.807) is 6.26 Å². The van der Waals surface area contributed by atoms with Crippen molar-refractivity contribution >= 4 is 11.0 Å². The molecule has 86 valence electrons. The number of fused-ring (bicyclic) bond motifs is 1. The molecule has 0 aliphatic carbocycles. The van der Waals surface area contributed by atoms with E-state index in [9.17, 15) is 0 Å². The minimum atomic E-state index is 0.704. The lowest BCUT2D eigenvalue weighted by atomic mass is 10.3. The van der Waals surface area contributed by atoms with Gasteiger partial charge in [0.2, 0.25) is 0 Å². The van der Waals surface area contributed by atoms with E-state index < -0.39 is 0 Å². The summed E-state index contributed by atoms with van der Waals surface area (Å²) in [4.78, 5) is 7.75. The fourth-order valence-electron chi connectivity index (χ4n) is 1.81. The summed E-state index contributed by atoms with van der Waals surface area (Å²) in [5.74, 6) is 1.87. The third-order valence-corrected chi connectivity index (χ3v) is 2.61. The lowest BCUT2D eigenvalue weighted by molar-refractivity contribution is 0.481. The van der Waals surface area contributed by atoms with Crippen molar-refractivity contribution in [2.75, 3.05) is 0 Å². The molecule has 0 aliphatic heterocycles. The van der Waals surface area contributed by atoms with Crippen molar-refractivity contribution in [3.05, 3.63) is 54.2 Å². The van der Waals surface area contributed by atoms with Crippen molar-refractivity contribution in [2.45, 2.75) is 13.1 Å². The fourth-order valence-corrected chi connectivity index (χ4v) is 1.81. The molecule has 0 bridgehead atoms. The normalized spacial score (nSPS) is 11.1. The zero-order chi connectivity index (χ0) is 11.5. The first kappa shape index (κ1) is 10.1. The molecule has 0 radical (unpaired) electrons. The number of benzene rings is 1. The van der Waals surface area contributed by atoms with Gasteiger partial charge in [-0.25, -0.2) is 4.98 Å². The second-order valence-corrected chi connectivity index (χ2v) is 3.88. The van der Waals surface area contributed by atoms with Gasteiger partial charge in [-0.1, -0.05) is 12.1 Å². The van der Waals surface area contributed by atoms with Crippen LogP contribution in [0.25, 0.3) is 11.0 Å².